The van der Waals surface area contributed by atoms with E-state index in [-0.39, 0.29) is 18.2 Å². The van der Waals surface area contributed by atoms with E-state index >= 15 is 0 Å². The molecule has 2 heterocycles. The van der Waals surface area contributed by atoms with Gasteiger partial charge in [-0.05, 0) is 58.0 Å². The summed E-state index contributed by atoms with van der Waals surface area (Å²) < 4.78 is 37.4. The maximum Gasteiger partial charge on any atom is 0.240 e. The molecule has 0 unspecified atom stereocenters. The summed E-state index contributed by atoms with van der Waals surface area (Å²) in [6.07, 6.45) is 4.64. The number of nitrogens with zero attached hydrogens (tertiary/aromatic N) is 2. The molecular weight excluding hydrogens is 394 g/mol. The van der Waals surface area contributed by atoms with Crippen molar-refractivity contribution in [1.82, 2.24) is 10.2 Å². The predicted octanol–water partition coefficient (Wildman–Crippen LogP) is 1.61. The quantitative estimate of drug-likeness (QED) is 0.605. The number of ether oxygens (including phenoxy) is 2. The Balaban J connectivity index is 1.58. The highest BCUT2D eigenvalue weighted by Gasteiger charge is 2.25. The topological polar surface area (TPSA) is 88.2 Å². The van der Waals surface area contributed by atoms with Crippen molar-refractivity contribution in [3.63, 3.8) is 0 Å². The molecule has 162 valence electrons. The van der Waals surface area contributed by atoms with Gasteiger partial charge in [-0.25, -0.2) is 8.42 Å². The molecule has 2 aliphatic heterocycles. The third-order valence-electron chi connectivity index (χ3n) is 5.22. The minimum atomic E-state index is -3.61. The molecular formula is C20H31N3O5S. The van der Waals surface area contributed by atoms with E-state index in [9.17, 15) is 13.2 Å². The van der Waals surface area contributed by atoms with Gasteiger partial charge in [-0.15, -0.1) is 0 Å². The number of piperidine rings is 1. The van der Waals surface area contributed by atoms with Crippen molar-refractivity contribution in [2.24, 2.45) is 0 Å². The highest BCUT2D eigenvalue weighted by Crippen LogP contribution is 2.34. The molecule has 0 saturated carbocycles. The number of hydrogen-bond donors (Lipinski definition) is 1. The maximum atomic E-state index is 12.6. The molecule has 2 aliphatic rings. The van der Waals surface area contributed by atoms with Gasteiger partial charge in [0, 0.05) is 12.6 Å². The predicted molar refractivity (Wildman–Crippen MR) is 112 cm³/mol. The van der Waals surface area contributed by atoms with Gasteiger partial charge in [0.25, 0.3) is 0 Å². The molecule has 1 fully saturated rings. The van der Waals surface area contributed by atoms with Crippen molar-refractivity contribution in [3.8, 4) is 11.5 Å². The number of anilines is 1. The summed E-state index contributed by atoms with van der Waals surface area (Å²) in [6, 6.07) is 4.94. The molecule has 0 atom stereocenters. The number of sulfonamides is 1. The van der Waals surface area contributed by atoms with Crippen LogP contribution in [0.1, 0.15) is 32.6 Å². The Bertz CT molecular complexity index is 793. The third-order valence-corrected chi connectivity index (χ3v) is 6.96. The number of likely N-dealkylation sites (tertiary alicyclic amines) is 1. The fraction of sp³-hybridized carbons (Fsp3) is 0.650. The largest absolute Gasteiger partial charge is 0.486 e. The number of hydrogen-bond acceptors (Lipinski definition) is 6. The zero-order valence-electron chi connectivity index (χ0n) is 17.1. The van der Waals surface area contributed by atoms with Crippen LogP contribution in [0.3, 0.4) is 0 Å². The van der Waals surface area contributed by atoms with Crippen LogP contribution in [0.5, 0.6) is 11.5 Å². The van der Waals surface area contributed by atoms with E-state index in [2.05, 4.69) is 10.2 Å². The normalized spacial score (nSPS) is 17.0. The fourth-order valence-corrected chi connectivity index (χ4v) is 4.65. The van der Waals surface area contributed by atoms with Gasteiger partial charge in [-0.2, -0.15) is 0 Å². The van der Waals surface area contributed by atoms with Crippen LogP contribution in [-0.2, 0) is 14.8 Å². The van der Waals surface area contributed by atoms with Gasteiger partial charge in [-0.1, -0.05) is 6.42 Å². The van der Waals surface area contributed by atoms with Gasteiger partial charge < -0.3 is 19.7 Å². The van der Waals surface area contributed by atoms with Crippen LogP contribution in [-0.4, -0.2) is 70.9 Å². The van der Waals surface area contributed by atoms with Gasteiger partial charge in [0.15, 0.2) is 11.5 Å². The SMILES string of the molecule is CCS(=O)(=O)N(CC(=O)NCCCN1CCCCC1)c1ccc2c(c1)OCCO2. The molecule has 3 rings (SSSR count). The van der Waals surface area contributed by atoms with Crippen molar-refractivity contribution in [3.05, 3.63) is 18.2 Å². The zero-order valence-corrected chi connectivity index (χ0v) is 17.9. The lowest BCUT2D eigenvalue weighted by atomic mass is 10.1. The van der Waals surface area contributed by atoms with Gasteiger partial charge in [-0.3, -0.25) is 9.10 Å². The van der Waals surface area contributed by atoms with Crippen molar-refractivity contribution in [2.75, 3.05) is 56.0 Å². The van der Waals surface area contributed by atoms with Crippen molar-refractivity contribution >= 4 is 21.6 Å². The average Bonchev–Trinajstić information content (AvgIpc) is 2.75. The lowest BCUT2D eigenvalue weighted by molar-refractivity contribution is -0.119. The van der Waals surface area contributed by atoms with Crippen LogP contribution in [0.15, 0.2) is 18.2 Å². The number of nitrogens with one attached hydrogen (secondary N) is 1. The Labute approximate surface area is 173 Å². The van der Waals surface area contributed by atoms with E-state index in [1.165, 1.54) is 19.3 Å². The fourth-order valence-electron chi connectivity index (χ4n) is 3.59. The molecule has 0 spiro atoms. The summed E-state index contributed by atoms with van der Waals surface area (Å²) >= 11 is 0. The number of carbonyl (C=O) groups excluding carboxylic acids is 1. The molecule has 0 aromatic heterocycles. The Morgan fingerprint density at radius 1 is 1.14 bits per heavy atom. The molecule has 1 aromatic carbocycles. The molecule has 0 radical (unpaired) electrons. The summed E-state index contributed by atoms with van der Waals surface area (Å²) in [6.45, 7) is 5.94. The molecule has 1 aromatic rings. The van der Waals surface area contributed by atoms with Crippen LogP contribution >= 0.6 is 0 Å². The van der Waals surface area contributed by atoms with Crippen LogP contribution in [0, 0.1) is 0 Å². The lowest BCUT2D eigenvalue weighted by Gasteiger charge is -2.27. The molecule has 29 heavy (non-hydrogen) atoms. The zero-order chi connectivity index (χ0) is 20.7. The van der Waals surface area contributed by atoms with Gasteiger partial charge >= 0.3 is 0 Å². The number of fused-ring (bicyclic) bond motifs is 1. The second kappa shape index (κ2) is 10.2. The van der Waals surface area contributed by atoms with Crippen LogP contribution in [0.4, 0.5) is 5.69 Å². The highest BCUT2D eigenvalue weighted by molar-refractivity contribution is 7.92. The average molecular weight is 426 g/mol. The smallest absolute Gasteiger partial charge is 0.240 e. The number of amides is 1. The first-order valence-electron chi connectivity index (χ1n) is 10.4. The Hall–Kier alpha value is -2.00. The first-order chi connectivity index (χ1) is 14.0. The first kappa shape index (κ1) is 21.7. The summed E-state index contributed by atoms with van der Waals surface area (Å²) in [4.78, 5) is 14.9. The van der Waals surface area contributed by atoms with E-state index < -0.39 is 10.0 Å². The molecule has 1 N–H and O–H groups in total. The lowest BCUT2D eigenvalue weighted by Crippen LogP contribution is -2.42. The molecule has 1 amide bonds. The van der Waals surface area contributed by atoms with E-state index in [1.54, 1.807) is 25.1 Å². The highest BCUT2D eigenvalue weighted by atomic mass is 32.2. The van der Waals surface area contributed by atoms with Gasteiger partial charge in [0.2, 0.25) is 15.9 Å². The Morgan fingerprint density at radius 2 is 1.86 bits per heavy atom. The van der Waals surface area contributed by atoms with Crippen molar-refractivity contribution < 1.29 is 22.7 Å². The van der Waals surface area contributed by atoms with E-state index in [4.69, 9.17) is 9.47 Å². The molecule has 8 nitrogen and oxygen atoms in total. The van der Waals surface area contributed by atoms with E-state index in [1.807, 2.05) is 0 Å². The molecule has 9 heteroatoms. The standard InChI is InChI=1S/C20H31N3O5S/c1-2-29(25,26)23(17-7-8-18-19(15-17)28-14-13-27-18)16-20(24)21-9-6-12-22-10-4-3-5-11-22/h7-8,15H,2-6,9-14,16H2,1H3,(H,21,24). The molecule has 0 aliphatic carbocycles. The maximum absolute atomic E-state index is 12.6. The van der Waals surface area contributed by atoms with Gasteiger partial charge in [0.1, 0.15) is 19.8 Å². The molecule has 1 saturated heterocycles. The summed E-state index contributed by atoms with van der Waals surface area (Å²) in [5.74, 6) is 0.669. The van der Waals surface area contributed by atoms with Crippen LogP contribution in [0.2, 0.25) is 0 Å². The number of rotatable bonds is 9. The van der Waals surface area contributed by atoms with E-state index in [0.717, 1.165) is 30.4 Å². The minimum absolute atomic E-state index is 0.0936. The second-order valence-electron chi connectivity index (χ2n) is 7.34. The van der Waals surface area contributed by atoms with Crippen molar-refractivity contribution in [2.45, 2.75) is 32.6 Å². The third kappa shape index (κ3) is 5.99. The summed E-state index contributed by atoms with van der Waals surface area (Å²) in [5.41, 5.74) is 0.402. The Kier molecular flexibility index (Phi) is 7.60. The van der Waals surface area contributed by atoms with Crippen LogP contribution < -0.4 is 19.1 Å². The molecule has 0 bridgehead atoms. The van der Waals surface area contributed by atoms with Gasteiger partial charge in [0.05, 0.1) is 11.4 Å². The minimum Gasteiger partial charge on any atom is -0.486 e. The number of carbonyl (C=O) groups is 1. The van der Waals surface area contributed by atoms with Crippen molar-refractivity contribution in [1.29, 1.82) is 0 Å². The monoisotopic (exact) mass is 425 g/mol. The van der Waals surface area contributed by atoms with E-state index in [0.29, 0.717) is 36.9 Å². The van der Waals surface area contributed by atoms with Crippen LogP contribution in [0.25, 0.3) is 0 Å². The summed E-state index contributed by atoms with van der Waals surface area (Å²) in [5, 5.41) is 2.85. The second-order valence-corrected chi connectivity index (χ2v) is 9.52. The first-order valence-corrected chi connectivity index (χ1v) is 12.0. The number of benzene rings is 1. The summed E-state index contributed by atoms with van der Waals surface area (Å²) in [7, 11) is -3.61. The Morgan fingerprint density at radius 3 is 2.59 bits per heavy atom.